The molecule has 3 rings (SSSR count). The molecule has 2 heterocycles. The van der Waals surface area contributed by atoms with Crippen LogP contribution in [0.15, 0.2) is 29.2 Å². The number of rotatable bonds is 4. The Labute approximate surface area is 145 Å². The number of halogens is 1. The van der Waals surface area contributed by atoms with E-state index >= 15 is 0 Å². The second-order valence-electron chi connectivity index (χ2n) is 6.19. The van der Waals surface area contributed by atoms with Gasteiger partial charge in [0.05, 0.1) is 28.1 Å². The molecule has 1 atom stereocenters. The fourth-order valence-corrected chi connectivity index (χ4v) is 5.64. The summed E-state index contributed by atoms with van der Waals surface area (Å²) in [5.74, 6) is -0.309. The summed E-state index contributed by atoms with van der Waals surface area (Å²) >= 11 is 0. The third-order valence-electron chi connectivity index (χ3n) is 4.09. The maximum absolute atomic E-state index is 13.4. The second-order valence-corrected chi connectivity index (χ2v) is 10.1. The van der Waals surface area contributed by atoms with Gasteiger partial charge in [0, 0.05) is 6.07 Å². The van der Waals surface area contributed by atoms with Gasteiger partial charge < -0.3 is 0 Å². The van der Waals surface area contributed by atoms with Crippen LogP contribution in [0.1, 0.15) is 23.7 Å². The monoisotopic (exact) mass is 387 g/mol. The molecule has 136 valence electrons. The van der Waals surface area contributed by atoms with Crippen LogP contribution < -0.4 is 4.72 Å². The highest BCUT2D eigenvalue weighted by Crippen LogP contribution is 2.28. The molecule has 0 spiro atoms. The van der Waals surface area contributed by atoms with Crippen molar-refractivity contribution in [2.45, 2.75) is 31.2 Å². The lowest BCUT2D eigenvalue weighted by atomic mass is 10.2. The Balaban J connectivity index is 1.94. The molecule has 0 saturated carbocycles. The van der Waals surface area contributed by atoms with Crippen LogP contribution in [0.4, 0.5) is 10.2 Å². The summed E-state index contributed by atoms with van der Waals surface area (Å²) < 4.78 is 65.8. The zero-order valence-corrected chi connectivity index (χ0v) is 15.4. The third-order valence-corrected chi connectivity index (χ3v) is 7.19. The lowest BCUT2D eigenvalue weighted by Gasteiger charge is -2.15. The summed E-state index contributed by atoms with van der Waals surface area (Å²) in [6.45, 7) is 3.17. The Hall–Kier alpha value is -1.94. The van der Waals surface area contributed by atoms with Gasteiger partial charge in [-0.15, -0.1) is 0 Å². The number of hydrogen-bond acceptors (Lipinski definition) is 5. The van der Waals surface area contributed by atoms with Crippen molar-refractivity contribution in [3.63, 3.8) is 0 Å². The van der Waals surface area contributed by atoms with Gasteiger partial charge in [0.15, 0.2) is 9.84 Å². The van der Waals surface area contributed by atoms with Gasteiger partial charge in [-0.05, 0) is 44.0 Å². The van der Waals surface area contributed by atoms with Crippen molar-refractivity contribution in [3.8, 4) is 0 Å². The molecule has 1 N–H and O–H groups in total. The average Bonchev–Trinajstić information content (AvgIpc) is 3.03. The van der Waals surface area contributed by atoms with Gasteiger partial charge in [-0.2, -0.15) is 5.10 Å². The third kappa shape index (κ3) is 3.69. The lowest BCUT2D eigenvalue weighted by molar-refractivity contribution is 0.503. The maximum atomic E-state index is 13.4. The highest BCUT2D eigenvalue weighted by Gasteiger charge is 2.32. The summed E-state index contributed by atoms with van der Waals surface area (Å²) in [4.78, 5) is -0.0733. The summed E-state index contributed by atoms with van der Waals surface area (Å²) in [6.07, 6.45) is 0.383. The van der Waals surface area contributed by atoms with E-state index in [4.69, 9.17) is 0 Å². The number of sulfone groups is 1. The smallest absolute Gasteiger partial charge is 0.263 e. The Kier molecular flexibility index (Phi) is 4.36. The van der Waals surface area contributed by atoms with E-state index in [-0.39, 0.29) is 27.8 Å². The number of nitrogens with zero attached hydrogens (tertiary/aromatic N) is 2. The first-order chi connectivity index (χ1) is 11.6. The summed E-state index contributed by atoms with van der Waals surface area (Å²) in [7, 11) is -7.08. The molecule has 1 aromatic carbocycles. The fourth-order valence-electron chi connectivity index (χ4n) is 2.82. The SMILES string of the molecule is Cc1cc(NS(=O)(=O)c2ccc(F)c(C)c2)n(C2CCS(=O)(=O)C2)n1. The molecule has 0 bridgehead atoms. The van der Waals surface area contributed by atoms with Crippen LogP contribution in [0, 0.1) is 19.7 Å². The van der Waals surface area contributed by atoms with Gasteiger partial charge in [-0.25, -0.2) is 25.9 Å². The van der Waals surface area contributed by atoms with Crippen molar-refractivity contribution in [1.29, 1.82) is 0 Å². The highest BCUT2D eigenvalue weighted by molar-refractivity contribution is 7.92. The molecule has 7 nitrogen and oxygen atoms in total. The van der Waals surface area contributed by atoms with Gasteiger partial charge in [0.25, 0.3) is 10.0 Å². The molecule has 1 aliphatic heterocycles. The molecule has 1 saturated heterocycles. The van der Waals surface area contributed by atoms with Crippen molar-refractivity contribution in [2.24, 2.45) is 0 Å². The van der Waals surface area contributed by atoms with E-state index in [2.05, 4.69) is 9.82 Å². The molecule has 0 amide bonds. The predicted molar refractivity (Wildman–Crippen MR) is 91.2 cm³/mol. The van der Waals surface area contributed by atoms with Crippen molar-refractivity contribution >= 4 is 25.7 Å². The zero-order valence-electron chi connectivity index (χ0n) is 13.7. The fraction of sp³-hybridized carbons (Fsp3) is 0.400. The molecular formula is C15H18FN3O4S2. The Bertz CT molecular complexity index is 1030. The zero-order chi connectivity index (χ0) is 18.4. The Morgan fingerprint density at radius 3 is 2.60 bits per heavy atom. The molecule has 1 aliphatic rings. The molecule has 0 aliphatic carbocycles. The molecule has 0 radical (unpaired) electrons. The number of aromatic nitrogens is 2. The summed E-state index contributed by atoms with van der Waals surface area (Å²) in [6, 6.07) is 4.64. The van der Waals surface area contributed by atoms with Gasteiger partial charge in [0.2, 0.25) is 0 Å². The first kappa shape index (κ1) is 17.9. The van der Waals surface area contributed by atoms with Crippen molar-refractivity contribution in [2.75, 3.05) is 16.2 Å². The van der Waals surface area contributed by atoms with Crippen LogP contribution in [0.3, 0.4) is 0 Å². The van der Waals surface area contributed by atoms with Crippen molar-refractivity contribution in [3.05, 3.63) is 41.3 Å². The first-order valence-electron chi connectivity index (χ1n) is 7.63. The van der Waals surface area contributed by atoms with E-state index in [0.717, 1.165) is 6.07 Å². The van der Waals surface area contributed by atoms with Gasteiger partial charge >= 0.3 is 0 Å². The van der Waals surface area contributed by atoms with Crippen molar-refractivity contribution < 1.29 is 21.2 Å². The molecule has 1 fully saturated rings. The average molecular weight is 387 g/mol. The van der Waals surface area contributed by atoms with E-state index in [0.29, 0.717) is 12.1 Å². The van der Waals surface area contributed by atoms with Gasteiger partial charge in [-0.1, -0.05) is 0 Å². The molecule has 1 unspecified atom stereocenters. The summed E-state index contributed by atoms with van der Waals surface area (Å²) in [5, 5.41) is 4.23. The predicted octanol–water partition coefficient (Wildman–Crippen LogP) is 1.80. The Morgan fingerprint density at radius 2 is 2.00 bits per heavy atom. The number of sulfonamides is 1. The minimum atomic E-state index is -3.95. The molecular weight excluding hydrogens is 369 g/mol. The normalized spacial score (nSPS) is 19.9. The maximum Gasteiger partial charge on any atom is 0.263 e. The molecule has 2 aromatic rings. The van der Waals surface area contributed by atoms with Crippen LogP contribution >= 0.6 is 0 Å². The van der Waals surface area contributed by atoms with Crippen LogP contribution in [0.2, 0.25) is 0 Å². The minimum Gasteiger partial charge on any atom is -0.264 e. The molecule has 10 heteroatoms. The van der Waals surface area contributed by atoms with Gasteiger partial charge in [-0.3, -0.25) is 4.72 Å². The van der Waals surface area contributed by atoms with Crippen LogP contribution in [0.5, 0.6) is 0 Å². The van der Waals surface area contributed by atoms with Crippen molar-refractivity contribution in [1.82, 2.24) is 9.78 Å². The number of hydrogen-bond donors (Lipinski definition) is 1. The number of nitrogens with one attached hydrogen (secondary N) is 1. The minimum absolute atomic E-state index is 0.0555. The van der Waals surface area contributed by atoms with Crippen LogP contribution in [0.25, 0.3) is 0 Å². The second kappa shape index (κ2) is 6.10. The van der Waals surface area contributed by atoms with Gasteiger partial charge in [0.1, 0.15) is 11.6 Å². The van der Waals surface area contributed by atoms with E-state index in [1.807, 2.05) is 0 Å². The number of aryl methyl sites for hydroxylation is 2. The number of anilines is 1. The largest absolute Gasteiger partial charge is 0.264 e. The Morgan fingerprint density at radius 1 is 1.28 bits per heavy atom. The van der Waals surface area contributed by atoms with E-state index in [9.17, 15) is 21.2 Å². The lowest BCUT2D eigenvalue weighted by Crippen LogP contribution is -2.20. The quantitative estimate of drug-likeness (QED) is 0.863. The number of benzene rings is 1. The highest BCUT2D eigenvalue weighted by atomic mass is 32.2. The van der Waals surface area contributed by atoms with Crippen LogP contribution in [-0.2, 0) is 19.9 Å². The topological polar surface area (TPSA) is 98.1 Å². The van der Waals surface area contributed by atoms with Crippen LogP contribution in [-0.4, -0.2) is 38.1 Å². The van der Waals surface area contributed by atoms with E-state index in [1.54, 1.807) is 13.0 Å². The van der Waals surface area contributed by atoms with E-state index in [1.165, 1.54) is 23.7 Å². The molecule has 1 aromatic heterocycles. The molecule has 25 heavy (non-hydrogen) atoms. The van der Waals surface area contributed by atoms with E-state index < -0.39 is 31.7 Å². The first-order valence-corrected chi connectivity index (χ1v) is 10.9. The summed E-state index contributed by atoms with van der Waals surface area (Å²) in [5.41, 5.74) is 0.784. The standard InChI is InChI=1S/C15H18FN3O4S2/c1-10-7-13(3-4-14(10)16)25(22,23)18-15-8-11(2)17-19(15)12-5-6-24(20,21)9-12/h3-4,7-8,12,18H,5-6,9H2,1-2H3.